The van der Waals surface area contributed by atoms with Gasteiger partial charge in [-0.25, -0.2) is 0 Å². The molecule has 1 fully saturated rings. The van der Waals surface area contributed by atoms with Crippen molar-refractivity contribution in [1.29, 1.82) is 0 Å². The minimum atomic E-state index is 0.189. The van der Waals surface area contributed by atoms with Gasteiger partial charge in [-0.05, 0) is 30.0 Å². The smallest absolute Gasteiger partial charge is 0.0914 e. The molecule has 0 N–H and O–H groups in total. The third-order valence-electron chi connectivity index (χ3n) is 3.43. The zero-order chi connectivity index (χ0) is 12.1. The lowest BCUT2D eigenvalue weighted by atomic mass is 9.83. The van der Waals surface area contributed by atoms with Gasteiger partial charge >= 0.3 is 0 Å². The van der Waals surface area contributed by atoms with Crippen molar-refractivity contribution < 1.29 is 4.74 Å². The first-order valence-electron chi connectivity index (χ1n) is 6.22. The summed E-state index contributed by atoms with van der Waals surface area (Å²) >= 11 is 8.38. The second-order valence-corrected chi connectivity index (χ2v) is 5.97. The van der Waals surface area contributed by atoms with E-state index in [0.717, 1.165) is 22.0 Å². The van der Waals surface area contributed by atoms with Gasteiger partial charge in [-0.1, -0.05) is 65.6 Å². The van der Waals surface area contributed by atoms with Gasteiger partial charge in [0.1, 0.15) is 0 Å². The monoisotopic (exact) mass is 364 g/mol. The molecule has 0 aliphatic heterocycles. The Morgan fingerprint density at radius 1 is 1.41 bits per heavy atom. The summed E-state index contributed by atoms with van der Waals surface area (Å²) in [6, 6.07) is 8.00. The van der Waals surface area contributed by atoms with Crippen LogP contribution in [0.4, 0.5) is 0 Å². The summed E-state index contributed by atoms with van der Waals surface area (Å²) < 4.78 is 6.95. The average molecular weight is 365 g/mol. The van der Waals surface area contributed by atoms with Gasteiger partial charge in [-0.2, -0.15) is 0 Å². The number of hydrogen-bond acceptors (Lipinski definition) is 1. The SMILES string of the molecule is Clc1cccc(C(CI)OCCC2CCC2)c1. The van der Waals surface area contributed by atoms with Gasteiger partial charge in [-0.15, -0.1) is 0 Å². The number of benzene rings is 1. The van der Waals surface area contributed by atoms with Gasteiger partial charge in [0.25, 0.3) is 0 Å². The quantitative estimate of drug-likeness (QED) is 0.508. The molecule has 0 spiro atoms. The molecule has 1 unspecified atom stereocenters. The predicted octanol–water partition coefficient (Wildman–Crippen LogP) is 5.02. The molecular weight excluding hydrogens is 347 g/mol. The molecule has 0 bridgehead atoms. The fourth-order valence-electron chi connectivity index (χ4n) is 2.10. The Bertz CT molecular complexity index is 352. The van der Waals surface area contributed by atoms with Crippen LogP contribution in [0.3, 0.4) is 0 Å². The Kier molecular flexibility index (Phi) is 5.57. The summed E-state index contributed by atoms with van der Waals surface area (Å²) in [6.45, 7) is 0.880. The molecule has 0 saturated heterocycles. The first-order valence-corrected chi connectivity index (χ1v) is 8.13. The van der Waals surface area contributed by atoms with E-state index in [0.29, 0.717) is 0 Å². The second kappa shape index (κ2) is 6.95. The van der Waals surface area contributed by atoms with Gasteiger partial charge < -0.3 is 4.74 Å². The molecule has 0 heterocycles. The van der Waals surface area contributed by atoms with Crippen LogP contribution in [0.2, 0.25) is 5.02 Å². The maximum atomic E-state index is 6.00. The molecule has 1 saturated carbocycles. The maximum Gasteiger partial charge on any atom is 0.0914 e. The van der Waals surface area contributed by atoms with E-state index in [9.17, 15) is 0 Å². The van der Waals surface area contributed by atoms with Crippen LogP contribution in [0.15, 0.2) is 24.3 Å². The standard InChI is InChI=1S/C14H18ClIO/c15-13-6-2-5-12(9-13)14(10-16)17-8-7-11-3-1-4-11/h2,5-6,9,11,14H,1,3-4,7-8,10H2. The van der Waals surface area contributed by atoms with E-state index in [1.165, 1.54) is 31.2 Å². The van der Waals surface area contributed by atoms with Gasteiger partial charge in [0.05, 0.1) is 6.10 Å². The number of rotatable bonds is 6. The second-order valence-electron chi connectivity index (χ2n) is 4.65. The number of halogens is 2. The molecule has 0 radical (unpaired) electrons. The molecule has 0 amide bonds. The molecule has 1 aliphatic carbocycles. The van der Waals surface area contributed by atoms with Gasteiger partial charge in [0.2, 0.25) is 0 Å². The fourth-order valence-corrected chi connectivity index (χ4v) is 3.06. The van der Waals surface area contributed by atoms with Crippen LogP contribution in [-0.4, -0.2) is 11.0 Å². The lowest BCUT2D eigenvalue weighted by Gasteiger charge is -2.26. The van der Waals surface area contributed by atoms with Crippen LogP contribution < -0.4 is 0 Å². The van der Waals surface area contributed by atoms with Gasteiger partial charge in [0, 0.05) is 16.1 Å². The molecule has 1 nitrogen and oxygen atoms in total. The topological polar surface area (TPSA) is 9.23 Å². The average Bonchev–Trinajstić information content (AvgIpc) is 2.27. The van der Waals surface area contributed by atoms with E-state index >= 15 is 0 Å². The normalized spacial score (nSPS) is 17.8. The molecule has 2 rings (SSSR count). The van der Waals surface area contributed by atoms with Crippen LogP contribution in [0.25, 0.3) is 0 Å². The Balaban J connectivity index is 1.82. The van der Waals surface area contributed by atoms with E-state index in [1.54, 1.807) is 0 Å². The van der Waals surface area contributed by atoms with Crippen molar-refractivity contribution in [3.8, 4) is 0 Å². The molecular formula is C14H18ClIO. The molecule has 94 valence electrons. The highest BCUT2D eigenvalue weighted by Gasteiger charge is 2.18. The number of hydrogen-bond donors (Lipinski definition) is 0. The highest BCUT2D eigenvalue weighted by molar-refractivity contribution is 14.1. The summed E-state index contributed by atoms with van der Waals surface area (Å²) in [6.07, 6.45) is 5.61. The minimum absolute atomic E-state index is 0.189. The zero-order valence-corrected chi connectivity index (χ0v) is 12.8. The lowest BCUT2D eigenvalue weighted by molar-refractivity contribution is 0.0531. The predicted molar refractivity (Wildman–Crippen MR) is 81.0 cm³/mol. The first kappa shape index (κ1) is 13.6. The van der Waals surface area contributed by atoms with Crippen molar-refractivity contribution in [3.05, 3.63) is 34.9 Å². The van der Waals surface area contributed by atoms with E-state index in [2.05, 4.69) is 28.7 Å². The van der Waals surface area contributed by atoms with Crippen molar-refractivity contribution >= 4 is 34.2 Å². The molecule has 1 aromatic rings. The highest BCUT2D eigenvalue weighted by atomic mass is 127. The Morgan fingerprint density at radius 2 is 2.24 bits per heavy atom. The van der Waals surface area contributed by atoms with E-state index in [4.69, 9.17) is 16.3 Å². The summed E-state index contributed by atoms with van der Waals surface area (Å²) in [5.74, 6) is 0.921. The van der Waals surface area contributed by atoms with Crippen LogP contribution in [0, 0.1) is 5.92 Å². The van der Waals surface area contributed by atoms with Crippen LogP contribution in [-0.2, 0) is 4.74 Å². The number of alkyl halides is 1. The third-order valence-corrected chi connectivity index (χ3v) is 4.47. The van der Waals surface area contributed by atoms with Crippen molar-refractivity contribution in [3.63, 3.8) is 0 Å². The fraction of sp³-hybridized carbons (Fsp3) is 0.571. The van der Waals surface area contributed by atoms with Crippen LogP contribution in [0.5, 0.6) is 0 Å². The highest BCUT2D eigenvalue weighted by Crippen LogP contribution is 2.30. The van der Waals surface area contributed by atoms with Gasteiger partial charge in [-0.3, -0.25) is 0 Å². The van der Waals surface area contributed by atoms with Crippen molar-refractivity contribution in [2.75, 3.05) is 11.0 Å². The van der Waals surface area contributed by atoms with E-state index < -0.39 is 0 Å². The van der Waals surface area contributed by atoms with Crippen LogP contribution >= 0.6 is 34.2 Å². The Morgan fingerprint density at radius 3 is 2.82 bits per heavy atom. The van der Waals surface area contributed by atoms with E-state index in [-0.39, 0.29) is 6.10 Å². The van der Waals surface area contributed by atoms with Crippen molar-refractivity contribution in [1.82, 2.24) is 0 Å². The lowest BCUT2D eigenvalue weighted by Crippen LogP contribution is -2.15. The maximum absolute atomic E-state index is 6.00. The van der Waals surface area contributed by atoms with Crippen LogP contribution in [0.1, 0.15) is 37.4 Å². The zero-order valence-electron chi connectivity index (χ0n) is 9.87. The third kappa shape index (κ3) is 4.11. The molecule has 17 heavy (non-hydrogen) atoms. The summed E-state index contributed by atoms with van der Waals surface area (Å²) in [5, 5.41) is 0.792. The summed E-state index contributed by atoms with van der Waals surface area (Å²) in [4.78, 5) is 0. The summed E-state index contributed by atoms with van der Waals surface area (Å²) in [7, 11) is 0. The van der Waals surface area contributed by atoms with Gasteiger partial charge in [0.15, 0.2) is 0 Å². The molecule has 3 heteroatoms. The van der Waals surface area contributed by atoms with Crippen molar-refractivity contribution in [2.24, 2.45) is 5.92 Å². The summed E-state index contributed by atoms with van der Waals surface area (Å²) in [5.41, 5.74) is 1.19. The largest absolute Gasteiger partial charge is 0.373 e. The molecule has 1 aromatic carbocycles. The van der Waals surface area contributed by atoms with Crippen molar-refractivity contribution in [2.45, 2.75) is 31.8 Å². The first-order chi connectivity index (χ1) is 8.29. The van der Waals surface area contributed by atoms with E-state index in [1.807, 2.05) is 18.2 Å². The number of ether oxygens (including phenoxy) is 1. The molecule has 1 aliphatic rings. The molecule has 1 atom stereocenters. The minimum Gasteiger partial charge on any atom is -0.373 e. The Labute approximate surface area is 122 Å². The Hall–Kier alpha value is 0.200. The molecule has 0 aromatic heterocycles.